The summed E-state index contributed by atoms with van der Waals surface area (Å²) in [6.07, 6.45) is 3.36. The molecule has 0 saturated heterocycles. The zero-order chi connectivity index (χ0) is 17.2. The highest BCUT2D eigenvalue weighted by atomic mass is 32.2. The van der Waals surface area contributed by atoms with Crippen LogP contribution in [-0.4, -0.2) is 34.0 Å². The van der Waals surface area contributed by atoms with Crippen molar-refractivity contribution in [3.63, 3.8) is 0 Å². The standard InChI is InChI=1S/C14H18N4O4S/c1-4-17(10-12-8-15-16(3)9-12)23(21,22)14-6-5-13(18(19)20)7-11(14)2/h5-9H,4,10H2,1-3H3. The van der Waals surface area contributed by atoms with E-state index in [-0.39, 0.29) is 23.7 Å². The van der Waals surface area contributed by atoms with E-state index in [0.29, 0.717) is 5.56 Å². The molecule has 0 bridgehead atoms. The lowest BCUT2D eigenvalue weighted by Crippen LogP contribution is -2.30. The summed E-state index contributed by atoms with van der Waals surface area (Å²) in [4.78, 5) is 10.3. The molecule has 2 rings (SSSR count). The number of hydrogen-bond donors (Lipinski definition) is 0. The van der Waals surface area contributed by atoms with Crippen LogP contribution >= 0.6 is 0 Å². The molecule has 8 nitrogen and oxygen atoms in total. The highest BCUT2D eigenvalue weighted by Gasteiger charge is 2.26. The van der Waals surface area contributed by atoms with Gasteiger partial charge in [0.2, 0.25) is 10.0 Å². The number of sulfonamides is 1. The first kappa shape index (κ1) is 17.1. The number of rotatable bonds is 6. The molecule has 0 saturated carbocycles. The van der Waals surface area contributed by atoms with Gasteiger partial charge in [0.1, 0.15) is 0 Å². The third-order valence-electron chi connectivity index (χ3n) is 3.46. The second-order valence-electron chi connectivity index (χ2n) is 5.16. The lowest BCUT2D eigenvalue weighted by molar-refractivity contribution is -0.385. The van der Waals surface area contributed by atoms with Crippen molar-refractivity contribution in [2.75, 3.05) is 6.54 Å². The van der Waals surface area contributed by atoms with Crippen LogP contribution in [0.4, 0.5) is 5.69 Å². The van der Waals surface area contributed by atoms with E-state index in [2.05, 4.69) is 5.10 Å². The molecule has 2 aromatic rings. The van der Waals surface area contributed by atoms with Crippen molar-refractivity contribution >= 4 is 15.7 Å². The number of nitrogens with zero attached hydrogens (tertiary/aromatic N) is 4. The number of benzene rings is 1. The largest absolute Gasteiger partial charge is 0.275 e. The maximum Gasteiger partial charge on any atom is 0.269 e. The normalized spacial score (nSPS) is 11.8. The predicted octanol–water partition coefficient (Wildman–Crippen LogP) is 1.85. The fourth-order valence-electron chi connectivity index (χ4n) is 2.30. The van der Waals surface area contributed by atoms with Gasteiger partial charge >= 0.3 is 0 Å². The van der Waals surface area contributed by atoms with Crippen molar-refractivity contribution in [2.45, 2.75) is 25.3 Å². The first-order valence-corrected chi connectivity index (χ1v) is 8.42. The molecule has 1 heterocycles. The molecule has 1 aromatic heterocycles. The summed E-state index contributed by atoms with van der Waals surface area (Å²) in [5.74, 6) is 0. The molecule has 23 heavy (non-hydrogen) atoms. The van der Waals surface area contributed by atoms with E-state index in [4.69, 9.17) is 0 Å². The predicted molar refractivity (Wildman–Crippen MR) is 84.3 cm³/mol. The minimum Gasteiger partial charge on any atom is -0.275 e. The minimum absolute atomic E-state index is 0.0776. The van der Waals surface area contributed by atoms with Crippen LogP contribution in [0.25, 0.3) is 0 Å². The Hall–Kier alpha value is -2.26. The van der Waals surface area contributed by atoms with Gasteiger partial charge in [-0.1, -0.05) is 6.92 Å². The molecule has 124 valence electrons. The van der Waals surface area contributed by atoms with Crippen molar-refractivity contribution in [3.05, 3.63) is 51.8 Å². The Bertz CT molecular complexity index is 829. The van der Waals surface area contributed by atoms with Gasteiger partial charge in [0.15, 0.2) is 0 Å². The number of non-ortho nitro benzene ring substituents is 1. The number of nitro groups is 1. The second kappa shape index (κ2) is 6.47. The summed E-state index contributed by atoms with van der Waals surface area (Å²) in [5, 5.41) is 14.8. The molecule has 0 radical (unpaired) electrons. The molecular formula is C14H18N4O4S. The van der Waals surface area contributed by atoms with E-state index in [9.17, 15) is 18.5 Å². The van der Waals surface area contributed by atoms with Crippen molar-refractivity contribution in [2.24, 2.45) is 7.05 Å². The molecule has 0 aliphatic rings. The van der Waals surface area contributed by atoms with Crippen molar-refractivity contribution in [1.29, 1.82) is 0 Å². The number of aryl methyl sites for hydroxylation is 2. The number of nitro benzene ring substituents is 1. The van der Waals surface area contributed by atoms with Gasteiger partial charge < -0.3 is 0 Å². The van der Waals surface area contributed by atoms with E-state index < -0.39 is 14.9 Å². The van der Waals surface area contributed by atoms with Gasteiger partial charge in [-0.15, -0.1) is 0 Å². The molecule has 9 heteroatoms. The maximum atomic E-state index is 12.8. The summed E-state index contributed by atoms with van der Waals surface area (Å²) in [6, 6.07) is 3.76. The van der Waals surface area contributed by atoms with Crippen LogP contribution in [-0.2, 0) is 23.6 Å². The van der Waals surface area contributed by atoms with Crippen LogP contribution in [0.5, 0.6) is 0 Å². The Morgan fingerprint density at radius 1 is 1.39 bits per heavy atom. The first-order chi connectivity index (χ1) is 10.8. The van der Waals surface area contributed by atoms with Crippen LogP contribution in [0.2, 0.25) is 0 Å². The highest BCUT2D eigenvalue weighted by Crippen LogP contribution is 2.25. The molecular weight excluding hydrogens is 320 g/mol. The number of hydrogen-bond acceptors (Lipinski definition) is 5. The summed E-state index contributed by atoms with van der Waals surface area (Å²) in [5.41, 5.74) is 0.998. The zero-order valence-electron chi connectivity index (χ0n) is 13.1. The SMILES string of the molecule is CCN(Cc1cnn(C)c1)S(=O)(=O)c1ccc([N+](=O)[O-])cc1C. The molecule has 0 N–H and O–H groups in total. The van der Waals surface area contributed by atoms with E-state index in [1.807, 2.05) is 0 Å². The summed E-state index contributed by atoms with van der Waals surface area (Å²) >= 11 is 0. The van der Waals surface area contributed by atoms with E-state index in [1.165, 1.54) is 22.5 Å². The van der Waals surface area contributed by atoms with Gasteiger partial charge in [0.05, 0.1) is 16.0 Å². The van der Waals surface area contributed by atoms with Gasteiger partial charge in [-0.05, 0) is 18.6 Å². The topological polar surface area (TPSA) is 98.3 Å². The highest BCUT2D eigenvalue weighted by molar-refractivity contribution is 7.89. The maximum absolute atomic E-state index is 12.8. The third-order valence-corrected chi connectivity index (χ3v) is 5.54. The summed E-state index contributed by atoms with van der Waals surface area (Å²) in [7, 11) is -1.98. The lowest BCUT2D eigenvalue weighted by atomic mass is 10.2. The molecule has 0 atom stereocenters. The molecule has 0 aliphatic carbocycles. The van der Waals surface area contributed by atoms with Gasteiger partial charge in [-0.3, -0.25) is 14.8 Å². The third kappa shape index (κ3) is 3.57. The Morgan fingerprint density at radius 2 is 2.09 bits per heavy atom. The van der Waals surface area contributed by atoms with E-state index in [1.54, 1.807) is 38.0 Å². The Kier molecular flexibility index (Phi) is 4.81. The quantitative estimate of drug-likeness (QED) is 0.591. The molecule has 0 amide bonds. The lowest BCUT2D eigenvalue weighted by Gasteiger charge is -2.20. The van der Waals surface area contributed by atoms with E-state index >= 15 is 0 Å². The summed E-state index contributed by atoms with van der Waals surface area (Å²) in [6.45, 7) is 3.78. The smallest absolute Gasteiger partial charge is 0.269 e. The minimum atomic E-state index is -3.74. The van der Waals surface area contributed by atoms with Crippen molar-refractivity contribution < 1.29 is 13.3 Å². The summed E-state index contributed by atoms with van der Waals surface area (Å²) < 4.78 is 28.5. The molecule has 0 spiro atoms. The first-order valence-electron chi connectivity index (χ1n) is 6.98. The Labute approximate surface area is 134 Å². The monoisotopic (exact) mass is 338 g/mol. The molecule has 0 fully saturated rings. The van der Waals surface area contributed by atoms with Crippen LogP contribution < -0.4 is 0 Å². The molecule has 0 aliphatic heterocycles. The fourth-order valence-corrected chi connectivity index (χ4v) is 3.94. The van der Waals surface area contributed by atoms with Crippen molar-refractivity contribution in [3.8, 4) is 0 Å². The van der Waals surface area contributed by atoms with Crippen molar-refractivity contribution in [1.82, 2.24) is 14.1 Å². The molecule has 1 aromatic carbocycles. The van der Waals surface area contributed by atoms with Crippen LogP contribution in [0.3, 0.4) is 0 Å². The van der Waals surface area contributed by atoms with Crippen LogP contribution in [0.15, 0.2) is 35.5 Å². The van der Waals surface area contributed by atoms with Crippen LogP contribution in [0, 0.1) is 17.0 Å². The molecule has 0 unspecified atom stereocenters. The average molecular weight is 338 g/mol. The number of aromatic nitrogens is 2. The van der Waals surface area contributed by atoms with Crippen LogP contribution in [0.1, 0.15) is 18.1 Å². The average Bonchev–Trinajstić information content (AvgIpc) is 2.89. The fraction of sp³-hybridized carbons (Fsp3) is 0.357. The van der Waals surface area contributed by atoms with Gasteiger partial charge in [-0.2, -0.15) is 9.40 Å². The van der Waals surface area contributed by atoms with Gasteiger partial charge in [0.25, 0.3) is 5.69 Å². The Morgan fingerprint density at radius 3 is 2.57 bits per heavy atom. The van der Waals surface area contributed by atoms with Gasteiger partial charge in [0, 0.05) is 44.0 Å². The van der Waals surface area contributed by atoms with Gasteiger partial charge in [-0.25, -0.2) is 8.42 Å². The zero-order valence-corrected chi connectivity index (χ0v) is 13.9. The second-order valence-corrected chi connectivity index (χ2v) is 7.07. The Balaban J connectivity index is 2.37. The van der Waals surface area contributed by atoms with E-state index in [0.717, 1.165) is 5.56 Å².